The van der Waals surface area contributed by atoms with Crippen LogP contribution in [-0.4, -0.2) is 71.2 Å². The van der Waals surface area contributed by atoms with Gasteiger partial charge in [-0.25, -0.2) is 24.1 Å². The molecular formula is C33H38N8O4. The fraction of sp³-hybridized carbons (Fsp3) is 0.424. The molecule has 12 nitrogen and oxygen atoms in total. The second-order valence-corrected chi connectivity index (χ2v) is 13.4. The van der Waals surface area contributed by atoms with Gasteiger partial charge in [-0.05, 0) is 82.9 Å². The topological polar surface area (TPSA) is 131 Å². The van der Waals surface area contributed by atoms with E-state index in [1.165, 1.54) is 10.9 Å². The van der Waals surface area contributed by atoms with Crippen molar-refractivity contribution in [2.24, 2.45) is 0 Å². The van der Waals surface area contributed by atoms with Crippen molar-refractivity contribution in [3.63, 3.8) is 0 Å². The van der Waals surface area contributed by atoms with E-state index in [-0.39, 0.29) is 30.3 Å². The van der Waals surface area contributed by atoms with Crippen LogP contribution in [0.2, 0.25) is 0 Å². The molecule has 2 aliphatic heterocycles. The second-order valence-electron chi connectivity index (χ2n) is 13.4. The SMILES string of the molecule is C=CCn1c(=O)c2cnc(Nc3ccc(N4CC5CC4CN5C(=O)OC(C)(C)C)cc3)nc2n1-c1ccc2c(n1)C(C)(O)CC2. The Balaban J connectivity index is 1.13. The number of carbonyl (C=O) groups is 1. The van der Waals surface area contributed by atoms with E-state index in [1.54, 1.807) is 17.7 Å². The average molecular weight is 611 g/mol. The van der Waals surface area contributed by atoms with Crippen LogP contribution in [0.3, 0.4) is 0 Å². The molecule has 7 rings (SSSR count). The summed E-state index contributed by atoms with van der Waals surface area (Å²) >= 11 is 0. The number of rotatable bonds is 6. The maximum atomic E-state index is 13.4. The number of ether oxygens (including phenoxy) is 1. The minimum Gasteiger partial charge on any atom is -0.444 e. The average Bonchev–Trinajstić information content (AvgIpc) is 3.74. The zero-order chi connectivity index (χ0) is 31.7. The first-order chi connectivity index (χ1) is 21.4. The van der Waals surface area contributed by atoms with E-state index in [9.17, 15) is 14.7 Å². The molecule has 3 aromatic heterocycles. The first-order valence-electron chi connectivity index (χ1n) is 15.4. The van der Waals surface area contributed by atoms with Gasteiger partial charge in [0.25, 0.3) is 5.56 Å². The Hall–Kier alpha value is -4.71. The Morgan fingerprint density at radius 2 is 1.93 bits per heavy atom. The number of nitrogens with one attached hydrogen (secondary N) is 1. The molecule has 0 saturated carbocycles. The Bertz CT molecular complexity index is 1870. The zero-order valence-corrected chi connectivity index (χ0v) is 26.0. The highest BCUT2D eigenvalue weighted by atomic mass is 16.6. The number of hydrogen-bond donors (Lipinski definition) is 2. The molecule has 234 valence electrons. The third kappa shape index (κ3) is 5.12. The van der Waals surface area contributed by atoms with Gasteiger partial charge >= 0.3 is 6.09 Å². The quantitative estimate of drug-likeness (QED) is 0.308. The molecule has 45 heavy (non-hydrogen) atoms. The molecule has 0 radical (unpaired) electrons. The van der Waals surface area contributed by atoms with Gasteiger partial charge in [0.05, 0.1) is 18.3 Å². The van der Waals surface area contributed by atoms with E-state index in [0.717, 1.165) is 36.3 Å². The zero-order valence-electron chi connectivity index (χ0n) is 26.0. The smallest absolute Gasteiger partial charge is 0.410 e. The third-order valence-corrected chi connectivity index (χ3v) is 8.87. The Kier molecular flexibility index (Phi) is 6.73. The van der Waals surface area contributed by atoms with Crippen LogP contribution in [0, 0.1) is 0 Å². The summed E-state index contributed by atoms with van der Waals surface area (Å²) in [6, 6.07) is 12.2. The van der Waals surface area contributed by atoms with Gasteiger partial charge in [-0.1, -0.05) is 12.1 Å². The van der Waals surface area contributed by atoms with Gasteiger partial charge in [-0.15, -0.1) is 6.58 Å². The Morgan fingerprint density at radius 3 is 2.62 bits per heavy atom. The van der Waals surface area contributed by atoms with Crippen molar-refractivity contribution < 1.29 is 14.6 Å². The summed E-state index contributed by atoms with van der Waals surface area (Å²) in [4.78, 5) is 44.2. The standard InChI is InChI=1S/C33H38N8O4/c1-6-15-40-29(42)25-17-34-30(37-28(25)41(40)26-12-7-20-13-14-33(5,44)27(20)36-26)35-21-8-10-22(11-9-21)38-18-24-16-23(38)19-39(24)31(43)45-32(2,3)4/h6-12,17,23-24,44H,1,13-16,18-19H2,2-5H3,(H,34,35,37). The van der Waals surface area contributed by atoms with E-state index < -0.39 is 11.2 Å². The summed E-state index contributed by atoms with van der Waals surface area (Å²) in [6.07, 6.45) is 5.21. The molecule has 3 aliphatic rings. The first kappa shape index (κ1) is 29.0. The molecule has 2 fully saturated rings. The number of aliphatic hydroxyl groups is 1. The molecule has 2 N–H and O–H groups in total. The van der Waals surface area contributed by atoms with Crippen LogP contribution in [-0.2, 0) is 23.3 Å². The van der Waals surface area contributed by atoms with Crippen LogP contribution in [0.15, 0.2) is 60.0 Å². The fourth-order valence-electron chi connectivity index (χ4n) is 6.76. The monoisotopic (exact) mass is 610 g/mol. The van der Waals surface area contributed by atoms with Crippen molar-refractivity contribution in [1.29, 1.82) is 0 Å². The molecule has 5 heterocycles. The third-order valence-electron chi connectivity index (χ3n) is 8.87. The fourth-order valence-corrected chi connectivity index (χ4v) is 6.76. The molecule has 1 aliphatic carbocycles. The van der Waals surface area contributed by atoms with Crippen LogP contribution in [0.4, 0.5) is 22.1 Å². The molecule has 1 aromatic carbocycles. The van der Waals surface area contributed by atoms with E-state index in [1.807, 2.05) is 49.9 Å². The summed E-state index contributed by atoms with van der Waals surface area (Å²) in [7, 11) is 0. The summed E-state index contributed by atoms with van der Waals surface area (Å²) in [5, 5.41) is 14.5. The van der Waals surface area contributed by atoms with E-state index in [4.69, 9.17) is 14.7 Å². The molecule has 2 saturated heterocycles. The molecule has 0 spiro atoms. The number of hydrogen-bond acceptors (Lipinski definition) is 9. The predicted molar refractivity (Wildman–Crippen MR) is 171 cm³/mol. The van der Waals surface area contributed by atoms with E-state index in [2.05, 4.69) is 33.9 Å². The van der Waals surface area contributed by atoms with Crippen molar-refractivity contribution in [2.75, 3.05) is 23.3 Å². The maximum Gasteiger partial charge on any atom is 0.410 e. The number of likely N-dealkylation sites (tertiary alicyclic amines) is 1. The lowest BCUT2D eigenvalue weighted by atomic mass is 10.0. The number of fused-ring (bicyclic) bond motifs is 4. The second kappa shape index (κ2) is 10.4. The molecular weight excluding hydrogens is 572 g/mol. The van der Waals surface area contributed by atoms with E-state index >= 15 is 0 Å². The summed E-state index contributed by atoms with van der Waals surface area (Å²) in [5.41, 5.74) is 2.12. The van der Waals surface area contributed by atoms with Crippen LogP contribution in [0.25, 0.3) is 16.9 Å². The van der Waals surface area contributed by atoms with Crippen LogP contribution in [0.1, 0.15) is 51.8 Å². The van der Waals surface area contributed by atoms with Crippen LogP contribution >= 0.6 is 0 Å². The number of anilines is 3. The van der Waals surface area contributed by atoms with Gasteiger partial charge in [0, 0.05) is 36.7 Å². The molecule has 3 unspecified atom stereocenters. The summed E-state index contributed by atoms with van der Waals surface area (Å²) < 4.78 is 8.80. The van der Waals surface area contributed by atoms with Crippen molar-refractivity contribution in [2.45, 2.75) is 76.8 Å². The number of aryl methyl sites for hydroxylation is 1. The van der Waals surface area contributed by atoms with Crippen molar-refractivity contribution in [3.8, 4) is 5.82 Å². The van der Waals surface area contributed by atoms with Crippen LogP contribution < -0.4 is 15.8 Å². The largest absolute Gasteiger partial charge is 0.444 e. The highest BCUT2D eigenvalue weighted by Crippen LogP contribution is 2.37. The van der Waals surface area contributed by atoms with Gasteiger partial charge < -0.3 is 25.0 Å². The normalized spacial score (nSPS) is 22.2. The van der Waals surface area contributed by atoms with Gasteiger partial charge in [0.15, 0.2) is 11.5 Å². The lowest BCUT2D eigenvalue weighted by Gasteiger charge is -2.36. The van der Waals surface area contributed by atoms with Crippen molar-refractivity contribution in [1.82, 2.24) is 29.2 Å². The molecule has 3 atom stereocenters. The van der Waals surface area contributed by atoms with Gasteiger partial charge in [-0.2, -0.15) is 4.98 Å². The number of allylic oxidation sites excluding steroid dienone is 1. The lowest BCUT2D eigenvalue weighted by Crippen LogP contribution is -2.50. The van der Waals surface area contributed by atoms with Crippen LogP contribution in [0.5, 0.6) is 0 Å². The number of piperazine rings is 1. The van der Waals surface area contributed by atoms with Gasteiger partial charge in [0.2, 0.25) is 5.95 Å². The highest BCUT2D eigenvalue weighted by Gasteiger charge is 2.46. The van der Waals surface area contributed by atoms with Gasteiger partial charge in [0.1, 0.15) is 16.6 Å². The Labute approximate surface area is 261 Å². The number of pyridine rings is 1. The first-order valence-corrected chi connectivity index (χ1v) is 15.4. The lowest BCUT2D eigenvalue weighted by molar-refractivity contribution is 0.0214. The van der Waals surface area contributed by atoms with Gasteiger partial charge in [-0.3, -0.25) is 4.79 Å². The molecule has 1 amide bonds. The summed E-state index contributed by atoms with van der Waals surface area (Å²) in [5.74, 6) is 0.824. The Morgan fingerprint density at radius 1 is 1.16 bits per heavy atom. The number of amides is 1. The molecule has 2 bridgehead atoms. The van der Waals surface area contributed by atoms with Crippen molar-refractivity contribution in [3.05, 3.63) is 76.9 Å². The number of benzene rings is 1. The minimum absolute atomic E-state index is 0.139. The predicted octanol–water partition coefficient (Wildman–Crippen LogP) is 4.26. The highest BCUT2D eigenvalue weighted by molar-refractivity contribution is 5.77. The number of nitrogens with zero attached hydrogens (tertiary/aromatic N) is 7. The minimum atomic E-state index is -1.03. The number of carbonyl (C=O) groups excluding carboxylic acids is 1. The number of aromatic nitrogens is 5. The molecule has 12 heteroatoms. The molecule has 4 aromatic rings. The van der Waals surface area contributed by atoms with Crippen molar-refractivity contribution >= 4 is 34.4 Å². The summed E-state index contributed by atoms with van der Waals surface area (Å²) in [6.45, 7) is 12.9. The maximum absolute atomic E-state index is 13.4. The van der Waals surface area contributed by atoms with E-state index in [0.29, 0.717) is 41.5 Å².